The Morgan fingerprint density at radius 2 is 1.12 bits per heavy atom. The van der Waals surface area contributed by atoms with E-state index in [1.807, 2.05) is 24.3 Å². The number of hydrogen-bond donors (Lipinski definition) is 2. The molecule has 0 aliphatic rings. The summed E-state index contributed by atoms with van der Waals surface area (Å²) in [6.45, 7) is 0. The second-order valence-electron chi connectivity index (χ2n) is 7.08. The van der Waals surface area contributed by atoms with Gasteiger partial charge in [0.2, 0.25) is 0 Å². The van der Waals surface area contributed by atoms with E-state index in [0.29, 0.717) is 34.0 Å². The number of rotatable bonds is 6. The summed E-state index contributed by atoms with van der Waals surface area (Å²) in [6, 6.07) is 28.6. The summed E-state index contributed by atoms with van der Waals surface area (Å²) in [7, 11) is 0. The molecule has 0 aliphatic heterocycles. The van der Waals surface area contributed by atoms with Crippen LogP contribution in [0.15, 0.2) is 106 Å². The fraction of sp³-hybridized carbons (Fsp3) is 0. The first kappa shape index (κ1) is 22.8. The fourth-order valence-electron chi connectivity index (χ4n) is 3.05. The quantitative estimate of drug-likeness (QED) is 0.254. The van der Waals surface area contributed by atoms with Crippen molar-refractivity contribution in [3.05, 3.63) is 117 Å². The van der Waals surface area contributed by atoms with Gasteiger partial charge in [-0.3, -0.25) is 9.59 Å². The molecule has 0 saturated carbocycles. The average Bonchev–Trinajstić information content (AvgIpc) is 2.80. The van der Waals surface area contributed by atoms with Crippen molar-refractivity contribution >= 4 is 55.0 Å². The number of halogens is 2. The van der Waals surface area contributed by atoms with Gasteiger partial charge < -0.3 is 15.4 Å². The van der Waals surface area contributed by atoms with Crippen molar-refractivity contribution in [3.63, 3.8) is 0 Å². The van der Waals surface area contributed by atoms with Crippen molar-refractivity contribution in [2.24, 2.45) is 0 Å². The molecule has 0 spiro atoms. The van der Waals surface area contributed by atoms with Crippen LogP contribution in [0.25, 0.3) is 0 Å². The van der Waals surface area contributed by atoms with Crippen LogP contribution in [0.4, 0.5) is 11.4 Å². The summed E-state index contributed by atoms with van der Waals surface area (Å²) in [5.74, 6) is 0.775. The fourth-order valence-corrected chi connectivity index (χ4v) is 3.84. The Bertz CT molecular complexity index is 1310. The lowest BCUT2D eigenvalue weighted by atomic mass is 10.2. The van der Waals surface area contributed by atoms with Gasteiger partial charge in [-0.1, -0.05) is 50.1 Å². The van der Waals surface area contributed by atoms with E-state index in [9.17, 15) is 9.59 Å². The molecule has 0 radical (unpaired) electrons. The number of amides is 2. The third-order valence-corrected chi connectivity index (χ3v) is 5.60. The van der Waals surface area contributed by atoms with Crippen LogP contribution in [-0.4, -0.2) is 11.8 Å². The minimum Gasteiger partial charge on any atom is -0.457 e. The van der Waals surface area contributed by atoms with E-state index in [1.165, 1.54) is 0 Å². The Hall–Kier alpha value is -3.42. The average molecular weight is 566 g/mol. The standard InChI is InChI=1S/C26H18Br2N2O3/c27-19-6-1-4-17(14-19)25(31)29-21-10-12-23(13-11-21)33-24-9-3-8-22(16-24)30-26(32)18-5-2-7-20(28)15-18/h1-16H,(H,29,31)(H,30,32). The van der Waals surface area contributed by atoms with Gasteiger partial charge in [-0.2, -0.15) is 0 Å². The van der Waals surface area contributed by atoms with E-state index in [1.54, 1.807) is 72.8 Å². The molecule has 0 bridgehead atoms. The van der Waals surface area contributed by atoms with Crippen LogP contribution in [0, 0.1) is 0 Å². The Kier molecular flexibility index (Phi) is 7.22. The van der Waals surface area contributed by atoms with E-state index < -0.39 is 0 Å². The second-order valence-corrected chi connectivity index (χ2v) is 8.91. The maximum absolute atomic E-state index is 12.5. The van der Waals surface area contributed by atoms with Gasteiger partial charge in [0.1, 0.15) is 11.5 Å². The van der Waals surface area contributed by atoms with Crippen molar-refractivity contribution in [2.45, 2.75) is 0 Å². The van der Waals surface area contributed by atoms with E-state index in [4.69, 9.17) is 4.74 Å². The zero-order chi connectivity index (χ0) is 23.2. The second kappa shape index (κ2) is 10.5. The minimum absolute atomic E-state index is 0.196. The van der Waals surface area contributed by atoms with Crippen LogP contribution in [-0.2, 0) is 0 Å². The SMILES string of the molecule is O=C(Nc1ccc(Oc2cccc(NC(=O)c3cccc(Br)c3)c2)cc1)c1cccc(Br)c1. The summed E-state index contributed by atoms with van der Waals surface area (Å²) in [5, 5.41) is 5.73. The molecule has 164 valence electrons. The lowest BCUT2D eigenvalue weighted by Crippen LogP contribution is -2.11. The molecule has 4 aromatic carbocycles. The first-order valence-electron chi connectivity index (χ1n) is 9.98. The predicted octanol–water partition coefficient (Wildman–Crippen LogP) is 7.51. The Morgan fingerprint density at radius 3 is 1.70 bits per heavy atom. The van der Waals surface area contributed by atoms with Gasteiger partial charge in [0, 0.05) is 37.5 Å². The van der Waals surface area contributed by atoms with E-state index in [2.05, 4.69) is 42.5 Å². The molecule has 7 heteroatoms. The highest BCUT2D eigenvalue weighted by Crippen LogP contribution is 2.26. The summed E-state index contributed by atoms with van der Waals surface area (Å²) in [4.78, 5) is 24.9. The lowest BCUT2D eigenvalue weighted by molar-refractivity contribution is 0.101. The van der Waals surface area contributed by atoms with Gasteiger partial charge >= 0.3 is 0 Å². The van der Waals surface area contributed by atoms with Crippen molar-refractivity contribution in [1.82, 2.24) is 0 Å². The Morgan fingerprint density at radius 1 is 0.576 bits per heavy atom. The molecule has 2 N–H and O–H groups in total. The molecule has 0 fully saturated rings. The Labute approximate surface area is 208 Å². The van der Waals surface area contributed by atoms with Crippen LogP contribution < -0.4 is 15.4 Å². The molecule has 0 saturated heterocycles. The Balaban J connectivity index is 1.39. The van der Waals surface area contributed by atoms with Gasteiger partial charge in [0.15, 0.2) is 0 Å². The van der Waals surface area contributed by atoms with Gasteiger partial charge in [0.25, 0.3) is 11.8 Å². The number of nitrogens with one attached hydrogen (secondary N) is 2. The van der Waals surface area contributed by atoms with Crippen LogP contribution in [0.5, 0.6) is 11.5 Å². The number of hydrogen-bond acceptors (Lipinski definition) is 3. The van der Waals surface area contributed by atoms with E-state index in [0.717, 1.165) is 8.95 Å². The third-order valence-electron chi connectivity index (χ3n) is 4.61. The molecule has 4 rings (SSSR count). The highest BCUT2D eigenvalue weighted by molar-refractivity contribution is 9.10. The minimum atomic E-state index is -0.209. The molecule has 0 unspecified atom stereocenters. The molecule has 0 atom stereocenters. The predicted molar refractivity (Wildman–Crippen MR) is 137 cm³/mol. The van der Waals surface area contributed by atoms with Crippen molar-refractivity contribution in [3.8, 4) is 11.5 Å². The zero-order valence-corrected chi connectivity index (χ0v) is 20.4. The molecule has 0 aliphatic carbocycles. The smallest absolute Gasteiger partial charge is 0.255 e. The topological polar surface area (TPSA) is 67.4 Å². The zero-order valence-electron chi connectivity index (χ0n) is 17.2. The van der Waals surface area contributed by atoms with Gasteiger partial charge in [-0.05, 0) is 72.8 Å². The molecule has 0 aromatic heterocycles. The lowest BCUT2D eigenvalue weighted by Gasteiger charge is -2.10. The molecule has 5 nitrogen and oxygen atoms in total. The first-order chi connectivity index (χ1) is 16.0. The summed E-state index contributed by atoms with van der Waals surface area (Å²) >= 11 is 6.74. The molecule has 2 amide bonds. The molecular formula is C26H18Br2N2O3. The van der Waals surface area contributed by atoms with Crippen LogP contribution in [0.2, 0.25) is 0 Å². The van der Waals surface area contributed by atoms with Crippen LogP contribution in [0.1, 0.15) is 20.7 Å². The number of benzene rings is 4. The normalized spacial score (nSPS) is 10.4. The number of ether oxygens (including phenoxy) is 1. The van der Waals surface area contributed by atoms with Crippen molar-refractivity contribution < 1.29 is 14.3 Å². The van der Waals surface area contributed by atoms with E-state index in [-0.39, 0.29) is 11.8 Å². The monoisotopic (exact) mass is 564 g/mol. The van der Waals surface area contributed by atoms with Gasteiger partial charge in [-0.25, -0.2) is 0 Å². The summed E-state index contributed by atoms with van der Waals surface area (Å²) < 4.78 is 7.59. The highest BCUT2D eigenvalue weighted by atomic mass is 79.9. The van der Waals surface area contributed by atoms with Crippen LogP contribution in [0.3, 0.4) is 0 Å². The number of carbonyl (C=O) groups excluding carboxylic acids is 2. The molecular weight excluding hydrogens is 548 g/mol. The highest BCUT2D eigenvalue weighted by Gasteiger charge is 2.09. The van der Waals surface area contributed by atoms with Crippen molar-refractivity contribution in [2.75, 3.05) is 10.6 Å². The maximum Gasteiger partial charge on any atom is 0.255 e. The van der Waals surface area contributed by atoms with Crippen molar-refractivity contribution in [1.29, 1.82) is 0 Å². The molecule has 33 heavy (non-hydrogen) atoms. The largest absolute Gasteiger partial charge is 0.457 e. The van der Waals surface area contributed by atoms with Gasteiger partial charge in [-0.15, -0.1) is 0 Å². The maximum atomic E-state index is 12.5. The number of carbonyl (C=O) groups is 2. The molecule has 4 aromatic rings. The molecule has 0 heterocycles. The first-order valence-corrected chi connectivity index (χ1v) is 11.6. The summed E-state index contributed by atoms with van der Waals surface area (Å²) in [6.07, 6.45) is 0. The van der Waals surface area contributed by atoms with Gasteiger partial charge in [0.05, 0.1) is 0 Å². The van der Waals surface area contributed by atoms with E-state index >= 15 is 0 Å². The van der Waals surface area contributed by atoms with Crippen LogP contribution >= 0.6 is 31.9 Å². The summed E-state index contributed by atoms with van der Waals surface area (Å²) in [5.41, 5.74) is 2.39. The third kappa shape index (κ3) is 6.31. The number of anilines is 2.